The van der Waals surface area contributed by atoms with Crippen LogP contribution in [0.1, 0.15) is 15.9 Å². The summed E-state index contributed by atoms with van der Waals surface area (Å²) in [7, 11) is 0. The second-order valence-corrected chi connectivity index (χ2v) is 5.50. The maximum absolute atomic E-state index is 11.0. The number of rotatable bonds is 3. The number of nitrogens with zero attached hydrogens (tertiary/aromatic N) is 2. The molecule has 0 aliphatic carbocycles. The first kappa shape index (κ1) is 14.8. The van der Waals surface area contributed by atoms with E-state index in [0.29, 0.717) is 17.1 Å². The van der Waals surface area contributed by atoms with E-state index in [0.717, 1.165) is 16.8 Å². The summed E-state index contributed by atoms with van der Waals surface area (Å²) in [6, 6.07) is 14.2. The Morgan fingerprint density at radius 1 is 1.08 bits per heavy atom. The topological polar surface area (TPSA) is 84.5 Å². The van der Waals surface area contributed by atoms with Gasteiger partial charge < -0.3 is 19.1 Å². The summed E-state index contributed by atoms with van der Waals surface area (Å²) in [6.07, 6.45) is 3.53. The van der Waals surface area contributed by atoms with Crippen molar-refractivity contribution in [2.24, 2.45) is 0 Å². The van der Waals surface area contributed by atoms with Crippen LogP contribution in [-0.4, -0.2) is 22.4 Å². The number of carboxylic acid groups (broad SMARTS) is 1. The molecule has 0 unspecified atom stereocenters. The van der Waals surface area contributed by atoms with Crippen LogP contribution >= 0.6 is 0 Å². The van der Waals surface area contributed by atoms with E-state index in [1.165, 1.54) is 12.1 Å². The Morgan fingerprint density at radius 2 is 1.88 bits per heavy atom. The molecule has 6 nitrogen and oxygen atoms in total. The van der Waals surface area contributed by atoms with Crippen LogP contribution in [0.4, 0.5) is 0 Å². The second kappa shape index (κ2) is 5.73. The van der Waals surface area contributed by atoms with Gasteiger partial charge in [0, 0.05) is 29.2 Å². The molecule has 25 heavy (non-hydrogen) atoms. The normalized spacial score (nSPS) is 12.0. The van der Waals surface area contributed by atoms with Gasteiger partial charge in [0.15, 0.2) is 11.5 Å². The SMILES string of the molecule is N#Cc1cn(-c2ccc(C(=O)O)cc2)cc1-c1cccc2c1OCO2. The highest BCUT2D eigenvalue weighted by atomic mass is 16.7. The second-order valence-electron chi connectivity index (χ2n) is 5.50. The van der Waals surface area contributed by atoms with Crippen LogP contribution in [0, 0.1) is 11.3 Å². The molecule has 0 spiro atoms. The van der Waals surface area contributed by atoms with Crippen molar-refractivity contribution in [1.82, 2.24) is 4.57 Å². The van der Waals surface area contributed by atoms with Crippen LogP contribution in [0.3, 0.4) is 0 Å². The highest BCUT2D eigenvalue weighted by Gasteiger charge is 2.21. The molecule has 0 fully saturated rings. The molecule has 3 aromatic rings. The van der Waals surface area contributed by atoms with Gasteiger partial charge in [-0.1, -0.05) is 12.1 Å². The average Bonchev–Trinajstić information content (AvgIpc) is 3.28. The minimum Gasteiger partial charge on any atom is -0.478 e. The molecule has 2 heterocycles. The van der Waals surface area contributed by atoms with E-state index in [1.54, 1.807) is 22.9 Å². The number of ether oxygens (including phenoxy) is 2. The minimum atomic E-state index is -0.977. The molecule has 1 aromatic heterocycles. The molecule has 2 aromatic carbocycles. The van der Waals surface area contributed by atoms with Gasteiger partial charge in [0.2, 0.25) is 6.79 Å². The van der Waals surface area contributed by atoms with E-state index in [1.807, 2.05) is 24.4 Å². The van der Waals surface area contributed by atoms with E-state index in [9.17, 15) is 10.1 Å². The first-order chi connectivity index (χ1) is 12.2. The Kier molecular flexibility index (Phi) is 3.40. The standard InChI is InChI=1S/C19H12N2O4/c20-8-13-9-21(14-6-4-12(5-7-14)19(22)23)10-16(13)15-2-1-3-17-18(15)25-11-24-17/h1-7,9-10H,11H2,(H,22,23). The molecule has 0 bridgehead atoms. The molecular formula is C19H12N2O4. The Labute approximate surface area is 143 Å². The summed E-state index contributed by atoms with van der Waals surface area (Å²) >= 11 is 0. The van der Waals surface area contributed by atoms with Crippen LogP contribution in [0.25, 0.3) is 16.8 Å². The van der Waals surface area contributed by atoms with E-state index < -0.39 is 5.97 Å². The quantitative estimate of drug-likeness (QED) is 0.794. The number of aromatic nitrogens is 1. The van der Waals surface area contributed by atoms with Crippen LogP contribution in [0.2, 0.25) is 0 Å². The van der Waals surface area contributed by atoms with Gasteiger partial charge in [-0.15, -0.1) is 0 Å². The fourth-order valence-corrected chi connectivity index (χ4v) is 2.83. The summed E-state index contributed by atoms with van der Waals surface area (Å²) in [5.41, 5.74) is 2.98. The van der Waals surface area contributed by atoms with Crippen molar-refractivity contribution in [2.45, 2.75) is 0 Å². The molecule has 0 saturated heterocycles. The monoisotopic (exact) mass is 332 g/mol. The van der Waals surface area contributed by atoms with Crippen LogP contribution in [0.5, 0.6) is 11.5 Å². The highest BCUT2D eigenvalue weighted by Crippen LogP contribution is 2.42. The third-order valence-corrected chi connectivity index (χ3v) is 4.05. The fourth-order valence-electron chi connectivity index (χ4n) is 2.83. The summed E-state index contributed by atoms with van der Waals surface area (Å²) in [6.45, 7) is 0.158. The molecule has 0 atom stereocenters. The van der Waals surface area contributed by atoms with Crippen molar-refractivity contribution in [3.05, 3.63) is 66.0 Å². The van der Waals surface area contributed by atoms with Crippen LogP contribution < -0.4 is 9.47 Å². The zero-order valence-corrected chi connectivity index (χ0v) is 13.0. The summed E-state index contributed by atoms with van der Waals surface area (Å²) < 4.78 is 12.7. The maximum Gasteiger partial charge on any atom is 0.335 e. The lowest BCUT2D eigenvalue weighted by atomic mass is 10.0. The van der Waals surface area contributed by atoms with Gasteiger partial charge in [-0.05, 0) is 30.3 Å². The molecule has 122 valence electrons. The third-order valence-electron chi connectivity index (χ3n) is 4.05. The van der Waals surface area contributed by atoms with Crippen molar-refractivity contribution in [1.29, 1.82) is 5.26 Å². The first-order valence-electron chi connectivity index (χ1n) is 7.52. The number of benzene rings is 2. The van der Waals surface area contributed by atoms with Gasteiger partial charge in [0.05, 0.1) is 11.1 Å². The Morgan fingerprint density at radius 3 is 2.60 bits per heavy atom. The first-order valence-corrected chi connectivity index (χ1v) is 7.52. The molecule has 4 rings (SSSR count). The van der Waals surface area contributed by atoms with E-state index >= 15 is 0 Å². The molecule has 0 saturated carbocycles. The van der Waals surface area contributed by atoms with Gasteiger partial charge in [-0.2, -0.15) is 5.26 Å². The molecule has 6 heteroatoms. The van der Waals surface area contributed by atoms with E-state index in [-0.39, 0.29) is 12.4 Å². The predicted octanol–water partition coefficient (Wildman–Crippen LogP) is 3.44. The van der Waals surface area contributed by atoms with Crippen molar-refractivity contribution < 1.29 is 19.4 Å². The number of para-hydroxylation sites is 1. The van der Waals surface area contributed by atoms with Gasteiger partial charge in [0.1, 0.15) is 6.07 Å². The molecular weight excluding hydrogens is 320 g/mol. The summed E-state index contributed by atoms with van der Waals surface area (Å²) in [4.78, 5) is 11.0. The Balaban J connectivity index is 1.80. The molecule has 1 N–H and O–H groups in total. The van der Waals surface area contributed by atoms with Crippen molar-refractivity contribution in [2.75, 3.05) is 6.79 Å². The molecule has 0 amide bonds. The summed E-state index contributed by atoms with van der Waals surface area (Å²) in [5, 5.41) is 18.5. The number of fused-ring (bicyclic) bond motifs is 1. The minimum absolute atomic E-state index is 0.158. The molecule has 0 radical (unpaired) electrons. The van der Waals surface area contributed by atoms with Crippen molar-refractivity contribution in [3.63, 3.8) is 0 Å². The number of nitriles is 1. The molecule has 1 aliphatic rings. The van der Waals surface area contributed by atoms with Crippen molar-refractivity contribution in [3.8, 4) is 34.4 Å². The Hall–Kier alpha value is -3.72. The van der Waals surface area contributed by atoms with Gasteiger partial charge in [-0.25, -0.2) is 4.79 Å². The number of aromatic carboxylic acids is 1. The van der Waals surface area contributed by atoms with Gasteiger partial charge >= 0.3 is 5.97 Å². The highest BCUT2D eigenvalue weighted by molar-refractivity contribution is 5.87. The fraction of sp³-hybridized carbons (Fsp3) is 0.0526. The third kappa shape index (κ3) is 2.48. The lowest BCUT2D eigenvalue weighted by Gasteiger charge is -2.05. The van der Waals surface area contributed by atoms with E-state index in [2.05, 4.69) is 6.07 Å². The van der Waals surface area contributed by atoms with Crippen LogP contribution in [0.15, 0.2) is 54.9 Å². The zero-order valence-electron chi connectivity index (χ0n) is 13.0. The van der Waals surface area contributed by atoms with Gasteiger partial charge in [0.25, 0.3) is 0 Å². The molecule has 1 aliphatic heterocycles. The number of hydrogen-bond acceptors (Lipinski definition) is 4. The van der Waals surface area contributed by atoms with E-state index in [4.69, 9.17) is 14.6 Å². The number of hydrogen-bond donors (Lipinski definition) is 1. The lowest BCUT2D eigenvalue weighted by Crippen LogP contribution is -1.97. The smallest absolute Gasteiger partial charge is 0.335 e. The van der Waals surface area contributed by atoms with Crippen molar-refractivity contribution >= 4 is 5.97 Å². The lowest BCUT2D eigenvalue weighted by molar-refractivity contribution is 0.0697. The zero-order chi connectivity index (χ0) is 17.4. The average molecular weight is 332 g/mol. The summed E-state index contributed by atoms with van der Waals surface area (Å²) in [5.74, 6) is 0.299. The maximum atomic E-state index is 11.0. The van der Waals surface area contributed by atoms with Gasteiger partial charge in [-0.3, -0.25) is 0 Å². The largest absolute Gasteiger partial charge is 0.478 e. The predicted molar refractivity (Wildman–Crippen MR) is 89.0 cm³/mol. The number of carboxylic acids is 1. The number of carbonyl (C=O) groups is 1. The van der Waals surface area contributed by atoms with Crippen LogP contribution in [-0.2, 0) is 0 Å². The Bertz CT molecular complexity index is 1010.